The van der Waals surface area contributed by atoms with Crippen LogP contribution in [0.2, 0.25) is 0 Å². The Morgan fingerprint density at radius 2 is 0.548 bits per heavy atom. The molecule has 0 heterocycles. The van der Waals surface area contributed by atoms with Crippen LogP contribution in [0, 0.1) is 0 Å². The van der Waals surface area contributed by atoms with Crippen LogP contribution in [0.3, 0.4) is 0 Å². The minimum atomic E-state index is -0.591. The first-order valence-electron chi connectivity index (χ1n) is 11.4. The molecule has 164 valence electrons. The number of rotatable bonds is 3. The lowest BCUT2D eigenvalue weighted by atomic mass is 9.87. The first-order chi connectivity index (χ1) is 14.3. The largest absolute Gasteiger partial charge is 0.0579 e. The van der Waals surface area contributed by atoms with E-state index in [1.54, 1.807) is 0 Å². The van der Waals surface area contributed by atoms with Crippen molar-refractivity contribution >= 4 is 23.8 Å². The van der Waals surface area contributed by atoms with Gasteiger partial charge in [0, 0.05) is 0 Å². The van der Waals surface area contributed by atoms with Crippen molar-refractivity contribution in [3.63, 3.8) is 0 Å². The van der Waals surface area contributed by atoms with Crippen molar-refractivity contribution in [2.75, 3.05) is 0 Å². The molecule has 0 fully saturated rings. The van der Waals surface area contributed by atoms with Crippen LogP contribution < -0.4 is 15.9 Å². The Balaban J connectivity index is 2.08. The summed E-state index contributed by atoms with van der Waals surface area (Å²) in [5, 5.41) is 4.24. The van der Waals surface area contributed by atoms with Crippen LogP contribution in [-0.4, -0.2) is 0 Å². The summed E-state index contributed by atoms with van der Waals surface area (Å²) < 4.78 is 0. The molecule has 0 bridgehead atoms. The third-order valence-corrected chi connectivity index (χ3v) is 8.42. The van der Waals surface area contributed by atoms with Gasteiger partial charge >= 0.3 is 0 Å². The van der Waals surface area contributed by atoms with Crippen LogP contribution in [0.15, 0.2) is 72.8 Å². The first-order valence-corrected chi connectivity index (χ1v) is 12.7. The van der Waals surface area contributed by atoms with E-state index in [0.29, 0.717) is 0 Å². The van der Waals surface area contributed by atoms with Gasteiger partial charge in [0.1, 0.15) is 0 Å². The zero-order valence-electron chi connectivity index (χ0n) is 20.9. The second-order valence-electron chi connectivity index (χ2n) is 11.7. The second kappa shape index (κ2) is 8.55. The maximum atomic E-state index is 2.35. The molecule has 1 heteroatoms. The van der Waals surface area contributed by atoms with E-state index in [1.807, 2.05) is 0 Å². The highest BCUT2D eigenvalue weighted by Crippen LogP contribution is 2.35. The molecule has 0 atom stereocenters. The highest BCUT2D eigenvalue weighted by Gasteiger charge is 2.21. The molecule has 0 aliphatic heterocycles. The SMILES string of the molecule is CC(C)(C)c1ccc(P(c2ccc(C(C)(C)C)cc2)c2ccc(C(C)(C)C)cc2)cc1. The molecule has 0 N–H and O–H groups in total. The highest BCUT2D eigenvalue weighted by atomic mass is 31.1. The summed E-state index contributed by atoms with van der Waals surface area (Å²) in [6.07, 6.45) is 0. The monoisotopic (exact) mass is 430 g/mol. The van der Waals surface area contributed by atoms with Gasteiger partial charge in [-0.2, -0.15) is 0 Å². The van der Waals surface area contributed by atoms with E-state index in [4.69, 9.17) is 0 Å². The Labute approximate surface area is 191 Å². The van der Waals surface area contributed by atoms with Crippen molar-refractivity contribution in [1.29, 1.82) is 0 Å². The molecule has 0 radical (unpaired) electrons. The fourth-order valence-corrected chi connectivity index (χ4v) is 6.01. The first kappa shape index (κ1) is 23.7. The molecule has 0 spiro atoms. The summed E-state index contributed by atoms with van der Waals surface area (Å²) in [5.74, 6) is 0. The summed E-state index contributed by atoms with van der Waals surface area (Å²) in [7, 11) is -0.591. The van der Waals surface area contributed by atoms with Gasteiger partial charge < -0.3 is 0 Å². The molecule has 0 saturated carbocycles. The minimum Gasteiger partial charge on any atom is -0.0579 e. The second-order valence-corrected chi connectivity index (χ2v) is 13.9. The fraction of sp³-hybridized carbons (Fsp3) is 0.400. The molecular weight excluding hydrogens is 391 g/mol. The predicted molar refractivity (Wildman–Crippen MR) is 141 cm³/mol. The number of hydrogen-bond donors (Lipinski definition) is 0. The van der Waals surface area contributed by atoms with Crippen LogP contribution in [0.1, 0.15) is 79.0 Å². The van der Waals surface area contributed by atoms with Gasteiger partial charge in [0.25, 0.3) is 0 Å². The average molecular weight is 431 g/mol. The standard InChI is InChI=1S/C30H39P/c1-28(2,3)22-10-16-25(17-11-22)31(26-18-12-23(13-19-26)29(4,5)6)27-20-14-24(15-21-27)30(7,8)9/h10-21H,1-9H3. The smallest absolute Gasteiger partial charge is 0.0132 e. The van der Waals surface area contributed by atoms with Crippen LogP contribution in [0.4, 0.5) is 0 Å². The molecule has 3 rings (SSSR count). The third kappa shape index (κ3) is 5.67. The predicted octanol–water partition coefficient (Wildman–Crippen LogP) is 7.34. The lowest BCUT2D eigenvalue weighted by molar-refractivity contribution is 0.590. The average Bonchev–Trinajstić information content (AvgIpc) is 2.67. The van der Waals surface area contributed by atoms with Gasteiger partial charge in [0.2, 0.25) is 0 Å². The van der Waals surface area contributed by atoms with Gasteiger partial charge in [-0.15, -0.1) is 0 Å². The maximum absolute atomic E-state index is 2.35. The number of hydrogen-bond acceptors (Lipinski definition) is 0. The summed E-state index contributed by atoms with van der Waals surface area (Å²) in [6.45, 7) is 20.5. The molecule has 0 aromatic heterocycles. The van der Waals surface area contributed by atoms with Gasteiger partial charge in [-0.25, -0.2) is 0 Å². The summed E-state index contributed by atoms with van der Waals surface area (Å²) >= 11 is 0. The lowest BCUT2D eigenvalue weighted by Gasteiger charge is -2.25. The Hall–Kier alpha value is -1.91. The van der Waals surface area contributed by atoms with E-state index < -0.39 is 7.92 Å². The molecule has 0 unspecified atom stereocenters. The van der Waals surface area contributed by atoms with Gasteiger partial charge in [0.05, 0.1) is 0 Å². The van der Waals surface area contributed by atoms with E-state index in [2.05, 4.69) is 135 Å². The van der Waals surface area contributed by atoms with Gasteiger partial charge in [-0.3, -0.25) is 0 Å². The molecule has 0 aliphatic rings. The maximum Gasteiger partial charge on any atom is -0.0132 e. The molecule has 0 amide bonds. The van der Waals surface area contributed by atoms with Crippen LogP contribution >= 0.6 is 7.92 Å². The summed E-state index contributed by atoms with van der Waals surface area (Å²) in [6, 6.07) is 28.0. The fourth-order valence-electron chi connectivity index (χ4n) is 3.78. The van der Waals surface area contributed by atoms with Crippen LogP contribution in [0.5, 0.6) is 0 Å². The molecule has 0 aliphatic carbocycles. The molecule has 31 heavy (non-hydrogen) atoms. The molecule has 3 aromatic carbocycles. The Bertz CT molecular complexity index is 850. The normalized spacial score (nSPS) is 13.0. The third-order valence-electron chi connectivity index (χ3n) is 5.97. The Morgan fingerprint density at radius 1 is 0.355 bits per heavy atom. The summed E-state index contributed by atoms with van der Waals surface area (Å²) in [5.41, 5.74) is 4.67. The van der Waals surface area contributed by atoms with E-state index in [-0.39, 0.29) is 16.2 Å². The molecule has 0 saturated heterocycles. The quantitative estimate of drug-likeness (QED) is 0.381. The van der Waals surface area contributed by atoms with Crippen molar-refractivity contribution in [3.05, 3.63) is 89.5 Å². The van der Waals surface area contributed by atoms with E-state index in [0.717, 1.165) is 0 Å². The minimum absolute atomic E-state index is 0.171. The van der Waals surface area contributed by atoms with Gasteiger partial charge in [-0.1, -0.05) is 135 Å². The number of benzene rings is 3. The Morgan fingerprint density at radius 3 is 0.710 bits per heavy atom. The lowest BCUT2D eigenvalue weighted by Crippen LogP contribution is -2.23. The van der Waals surface area contributed by atoms with Crippen molar-refractivity contribution in [3.8, 4) is 0 Å². The molecule has 0 nitrogen and oxygen atoms in total. The van der Waals surface area contributed by atoms with Gasteiger partial charge in [-0.05, 0) is 56.8 Å². The van der Waals surface area contributed by atoms with Crippen molar-refractivity contribution in [1.82, 2.24) is 0 Å². The Kier molecular flexibility index (Phi) is 6.55. The van der Waals surface area contributed by atoms with Crippen LogP contribution in [-0.2, 0) is 16.2 Å². The topological polar surface area (TPSA) is 0 Å². The van der Waals surface area contributed by atoms with Crippen LogP contribution in [0.25, 0.3) is 0 Å². The van der Waals surface area contributed by atoms with E-state index in [1.165, 1.54) is 32.6 Å². The zero-order chi connectivity index (χ0) is 23.0. The van der Waals surface area contributed by atoms with Crippen molar-refractivity contribution in [2.24, 2.45) is 0 Å². The van der Waals surface area contributed by atoms with E-state index >= 15 is 0 Å². The van der Waals surface area contributed by atoms with E-state index in [9.17, 15) is 0 Å². The van der Waals surface area contributed by atoms with Crippen molar-refractivity contribution in [2.45, 2.75) is 78.6 Å². The van der Waals surface area contributed by atoms with Crippen molar-refractivity contribution < 1.29 is 0 Å². The highest BCUT2D eigenvalue weighted by molar-refractivity contribution is 7.79. The molecular formula is C30H39P. The molecule has 3 aromatic rings. The summed E-state index contributed by atoms with van der Waals surface area (Å²) in [4.78, 5) is 0. The zero-order valence-corrected chi connectivity index (χ0v) is 21.8. The van der Waals surface area contributed by atoms with Gasteiger partial charge in [0.15, 0.2) is 0 Å².